The molecule has 0 saturated heterocycles. The van der Waals surface area contributed by atoms with Gasteiger partial charge in [0.25, 0.3) is 11.8 Å². The number of nitrogens with zero attached hydrogens (tertiary/aromatic N) is 7. The maximum Gasteiger partial charge on any atom is 0.435 e. The van der Waals surface area contributed by atoms with E-state index in [1.54, 1.807) is 0 Å². The number of amides is 2. The van der Waals surface area contributed by atoms with Crippen LogP contribution < -0.4 is 9.62 Å². The Balaban J connectivity index is 1.47. The molecule has 7 rings (SSSR count). The van der Waals surface area contributed by atoms with Crippen LogP contribution in [0.15, 0.2) is 42.5 Å². The normalized spacial score (nSPS) is 17.5. The summed E-state index contributed by atoms with van der Waals surface area (Å²) in [6, 6.07) is 5.41. The van der Waals surface area contributed by atoms with Gasteiger partial charge in [-0.15, -0.1) is 0 Å². The Morgan fingerprint density at radius 3 is 2.13 bits per heavy atom. The number of carbonyl (C=O) groups is 2. The smallest absolute Gasteiger partial charge is 0.346 e. The van der Waals surface area contributed by atoms with Crippen LogP contribution in [0.3, 0.4) is 0 Å². The fraction of sp³-hybridized carbons (Fsp3) is 0.465. The lowest BCUT2D eigenvalue weighted by molar-refractivity contribution is -0.143. The van der Waals surface area contributed by atoms with Crippen LogP contribution in [0.1, 0.15) is 72.6 Å². The molecule has 1 fully saturated rings. The predicted octanol–water partition coefficient (Wildman–Crippen LogP) is 7.73. The monoisotopic (exact) mass is 1060 g/mol. The van der Waals surface area contributed by atoms with Gasteiger partial charge in [0, 0.05) is 40.6 Å². The molecule has 5 aromatic rings. The zero-order chi connectivity index (χ0) is 52.0. The molecule has 2 aliphatic rings. The number of hydrogen-bond donors (Lipinski definition) is 1. The summed E-state index contributed by atoms with van der Waals surface area (Å²) in [5.41, 5.74) is -4.98. The highest BCUT2D eigenvalue weighted by Crippen LogP contribution is 2.68. The van der Waals surface area contributed by atoms with Gasteiger partial charge in [-0.2, -0.15) is 49.6 Å². The van der Waals surface area contributed by atoms with E-state index >= 15 is 8.78 Å². The summed E-state index contributed by atoms with van der Waals surface area (Å²) < 4.78 is 198. The van der Waals surface area contributed by atoms with Crippen LogP contribution in [-0.4, -0.2) is 102 Å². The van der Waals surface area contributed by atoms with Crippen molar-refractivity contribution in [3.8, 4) is 11.1 Å². The molecule has 70 heavy (non-hydrogen) atoms. The lowest BCUT2D eigenvalue weighted by Crippen LogP contribution is -2.42. The minimum absolute atomic E-state index is 0.0750. The highest BCUT2D eigenvalue weighted by molar-refractivity contribution is 7.93. The average molecular weight is 1060 g/mol. The third kappa shape index (κ3) is 10.5. The Bertz CT molecular complexity index is 3140. The zero-order valence-electron chi connectivity index (χ0n) is 37.8. The number of carbonyl (C=O) groups excluding carboxylic acids is 2. The largest absolute Gasteiger partial charge is 0.435 e. The first-order valence-corrected chi connectivity index (χ1v) is 25.1. The number of pyridine rings is 1. The number of nitrogens with one attached hydrogen (secondary N) is 1. The molecule has 1 N–H and O–H groups in total. The molecule has 3 atom stereocenters. The molecule has 1 saturated carbocycles. The van der Waals surface area contributed by atoms with E-state index in [1.807, 2.05) is 0 Å². The summed E-state index contributed by atoms with van der Waals surface area (Å²) in [5.74, 6) is -12.0. The van der Waals surface area contributed by atoms with E-state index < -0.39 is 149 Å². The summed E-state index contributed by atoms with van der Waals surface area (Å²) in [6.07, 6.45) is -9.81. The zero-order valence-corrected chi connectivity index (χ0v) is 40.2. The summed E-state index contributed by atoms with van der Waals surface area (Å²) in [4.78, 5) is 33.7. The number of anilines is 1. The molecule has 2 aromatic carbocycles. The van der Waals surface area contributed by atoms with E-state index in [2.05, 4.69) is 15.5 Å². The third-order valence-corrected chi connectivity index (χ3v) is 15.7. The lowest BCUT2D eigenvalue weighted by Gasteiger charge is -2.25. The number of hydrogen-bond acceptors (Lipinski definition) is 10. The quantitative estimate of drug-likeness (QED) is 0.0966. The highest BCUT2D eigenvalue weighted by Gasteiger charge is 2.68. The number of likely N-dealkylation sites (N-methyl/N-ethyl adjacent to an activating group) is 1. The molecular weight excluding hydrogens is 1010 g/mol. The predicted molar refractivity (Wildman–Crippen MR) is 235 cm³/mol. The first kappa shape index (κ1) is 52.5. The number of sulfone groups is 1. The van der Waals surface area contributed by atoms with E-state index in [4.69, 9.17) is 16.6 Å². The second-order valence-electron chi connectivity index (χ2n) is 18.3. The van der Waals surface area contributed by atoms with E-state index in [9.17, 15) is 61.5 Å². The minimum Gasteiger partial charge on any atom is -0.346 e. The first-order valence-electron chi connectivity index (χ1n) is 21.0. The Hall–Kier alpha value is -5.34. The van der Waals surface area contributed by atoms with Gasteiger partial charge in [0.1, 0.15) is 30.4 Å². The van der Waals surface area contributed by atoms with E-state index in [1.165, 1.54) is 51.0 Å². The van der Waals surface area contributed by atoms with Gasteiger partial charge in [-0.3, -0.25) is 23.9 Å². The summed E-state index contributed by atoms with van der Waals surface area (Å²) in [7, 11) is -5.57. The lowest BCUT2D eigenvalue weighted by atomic mass is 9.93. The van der Waals surface area contributed by atoms with Crippen LogP contribution in [0.5, 0.6) is 0 Å². The van der Waals surface area contributed by atoms with Crippen molar-refractivity contribution in [1.82, 2.24) is 34.8 Å². The van der Waals surface area contributed by atoms with Gasteiger partial charge < -0.3 is 10.2 Å². The van der Waals surface area contributed by atoms with Gasteiger partial charge in [-0.05, 0) is 89.4 Å². The van der Waals surface area contributed by atoms with Crippen LogP contribution >= 0.6 is 11.6 Å². The maximum absolute atomic E-state index is 15.6. The number of aromatic nitrogens is 5. The van der Waals surface area contributed by atoms with Crippen molar-refractivity contribution in [1.29, 1.82) is 0 Å². The van der Waals surface area contributed by atoms with E-state index in [0.29, 0.717) is 17.0 Å². The summed E-state index contributed by atoms with van der Waals surface area (Å²) in [6.45, 7) is -0.914. The molecule has 3 heterocycles. The molecule has 380 valence electrons. The number of aryl methyl sites for hydroxylation is 1. The topological polar surface area (TPSA) is 169 Å². The third-order valence-electron chi connectivity index (χ3n) is 12.1. The molecule has 0 bridgehead atoms. The molecule has 27 heteroatoms. The molecule has 0 radical (unpaired) electrons. The SMILES string of the molecule is CN(C)CC(=O)N(c1nn(CC(F)(F)F)c2c(-c3ccc(CCC(C)(C)S(C)(=O)=O)nc3[C@H](Cc3cc(F)cc(F)c3)NC(=O)Cn3nc(C(F)(F)F)c4c3C(F)(F)C3C[C@H]43)ccc(Cl)c12)S(C)(=O)=O. The number of sulfonamides is 1. The molecular formula is C43H43ClF10N8O6S2. The molecule has 1 unspecified atom stereocenters. The van der Waals surface area contributed by atoms with Crippen molar-refractivity contribution in [3.05, 3.63) is 93.0 Å². The van der Waals surface area contributed by atoms with Crippen molar-refractivity contribution >= 4 is 60.0 Å². The molecule has 2 amide bonds. The minimum atomic E-state index is -5.20. The van der Waals surface area contributed by atoms with Crippen molar-refractivity contribution in [2.24, 2.45) is 5.92 Å². The van der Waals surface area contributed by atoms with Crippen molar-refractivity contribution in [2.75, 3.05) is 37.5 Å². The maximum atomic E-state index is 15.6. The number of alkyl halides is 8. The van der Waals surface area contributed by atoms with Crippen LogP contribution in [0.2, 0.25) is 5.02 Å². The molecule has 0 aliphatic heterocycles. The average Bonchev–Trinajstić information content (AvgIpc) is 3.71. The Kier molecular flexibility index (Phi) is 13.5. The van der Waals surface area contributed by atoms with Crippen molar-refractivity contribution in [3.63, 3.8) is 0 Å². The first-order chi connectivity index (χ1) is 32.1. The van der Waals surface area contributed by atoms with Crippen molar-refractivity contribution in [2.45, 2.75) is 87.6 Å². The van der Waals surface area contributed by atoms with Gasteiger partial charge in [-0.1, -0.05) is 23.7 Å². The summed E-state index contributed by atoms with van der Waals surface area (Å²) >= 11 is 6.64. The molecule has 3 aromatic heterocycles. The summed E-state index contributed by atoms with van der Waals surface area (Å²) in [5, 5.41) is 8.96. The van der Waals surface area contributed by atoms with Crippen molar-refractivity contribution < 1.29 is 70.3 Å². The Morgan fingerprint density at radius 2 is 1.56 bits per heavy atom. The van der Waals surface area contributed by atoms with Gasteiger partial charge in [0.05, 0.1) is 45.2 Å². The highest BCUT2D eigenvalue weighted by atomic mass is 35.5. The van der Waals surface area contributed by atoms with Gasteiger partial charge in [0.2, 0.25) is 15.9 Å². The van der Waals surface area contributed by atoms with Gasteiger partial charge in [0.15, 0.2) is 21.3 Å². The molecule has 0 spiro atoms. The number of benzene rings is 2. The van der Waals surface area contributed by atoms with E-state index in [0.717, 1.165) is 24.5 Å². The number of rotatable bonds is 16. The Morgan fingerprint density at radius 1 is 0.929 bits per heavy atom. The fourth-order valence-electron chi connectivity index (χ4n) is 8.61. The Labute approximate surface area is 398 Å². The van der Waals surface area contributed by atoms with Crippen LogP contribution in [-0.2, 0) is 67.5 Å². The number of fused-ring (bicyclic) bond motifs is 4. The van der Waals surface area contributed by atoms with Crippen LogP contribution in [0.25, 0.3) is 22.0 Å². The van der Waals surface area contributed by atoms with Crippen LogP contribution in [0.4, 0.5) is 49.7 Å². The van der Waals surface area contributed by atoms with Gasteiger partial charge >= 0.3 is 12.4 Å². The fourth-order valence-corrected chi connectivity index (χ4v) is 10.2. The van der Waals surface area contributed by atoms with Crippen LogP contribution in [0, 0.1) is 17.6 Å². The molecule has 2 aliphatic carbocycles. The second kappa shape index (κ2) is 18.1. The standard InChI is InChI=1S/C43H43ClF10N8O6S2/c1-40(2,69(5,65)66)12-11-24-7-8-25(26-9-10-29(44)34-36(26)61(20-41(47,48)49)58-39(34)62(70(6,67)68)32(64)19-59(3)4)35(55-24)30(15-21-13-22(45)16-23(46)14-21)56-31(63)18-60-38-33(37(57-60)43(52,53)54)27-17-28(27)42(38,50)51/h7-10,13-14,16,27-28,30H,11-12,15,17-20H2,1-6H3,(H,56,63)/t27-,28?,30-/m0/s1. The second-order valence-corrected chi connectivity index (χ2v) is 23.2. The van der Waals surface area contributed by atoms with E-state index in [-0.39, 0.29) is 56.3 Å². The molecule has 14 nitrogen and oxygen atoms in total. The number of halogens is 11. The van der Waals surface area contributed by atoms with Gasteiger partial charge in [-0.25, -0.2) is 25.6 Å².